The van der Waals surface area contributed by atoms with Crippen molar-refractivity contribution in [1.29, 1.82) is 0 Å². The van der Waals surface area contributed by atoms with Crippen molar-refractivity contribution in [2.24, 2.45) is 5.73 Å². The molecule has 0 aliphatic rings. The van der Waals surface area contributed by atoms with Crippen LogP contribution in [-0.4, -0.2) is 33.4 Å². The molecule has 0 fully saturated rings. The van der Waals surface area contributed by atoms with E-state index in [-0.39, 0.29) is 18.9 Å². The monoisotopic (exact) mass is 368 g/mol. The number of hydrogen-bond donors (Lipinski definition) is 4. The number of halogens is 1. The molecule has 2 heterocycles. The van der Waals surface area contributed by atoms with E-state index in [1.54, 1.807) is 30.5 Å². The second-order valence-electron chi connectivity index (χ2n) is 5.63. The highest BCUT2D eigenvalue weighted by Crippen LogP contribution is 2.29. The van der Waals surface area contributed by atoms with E-state index in [0.29, 0.717) is 28.5 Å². The van der Waals surface area contributed by atoms with Gasteiger partial charge < -0.3 is 21.4 Å². The molecule has 1 aromatic carbocycles. The van der Waals surface area contributed by atoms with E-state index in [0.717, 1.165) is 0 Å². The number of primary amides is 1. The summed E-state index contributed by atoms with van der Waals surface area (Å²) in [5.74, 6) is -0.339. The molecule has 0 aliphatic heterocycles. The molecule has 3 rings (SSSR count). The average molecular weight is 368 g/mol. The maximum atomic E-state index is 13.6. The van der Waals surface area contributed by atoms with Crippen molar-refractivity contribution in [3.63, 3.8) is 0 Å². The molecule has 0 saturated carbocycles. The fourth-order valence-electron chi connectivity index (χ4n) is 2.46. The molecule has 0 aliphatic carbocycles. The van der Waals surface area contributed by atoms with Gasteiger partial charge in [-0.2, -0.15) is 0 Å². The third-order valence-corrected chi connectivity index (χ3v) is 3.65. The lowest BCUT2D eigenvalue weighted by Gasteiger charge is -2.03. The van der Waals surface area contributed by atoms with E-state index < -0.39 is 11.9 Å². The molecule has 3 aromatic rings. The van der Waals surface area contributed by atoms with Crippen LogP contribution in [0.5, 0.6) is 0 Å². The molecule has 2 aromatic heterocycles. The molecule has 0 saturated heterocycles. The van der Waals surface area contributed by atoms with Gasteiger partial charge in [0.05, 0.1) is 30.2 Å². The number of carbonyl (C=O) groups excluding carboxylic acids is 2. The molecule has 8 nitrogen and oxygen atoms in total. The molecular formula is C18H17FN6O2. The van der Waals surface area contributed by atoms with Gasteiger partial charge in [-0.3, -0.25) is 9.78 Å². The smallest absolute Gasteiger partial charge is 0.312 e. The van der Waals surface area contributed by atoms with Gasteiger partial charge in [0.2, 0.25) is 5.91 Å². The fraction of sp³-hybridized carbons (Fsp3) is 0.111. The van der Waals surface area contributed by atoms with Crippen molar-refractivity contribution in [3.05, 3.63) is 60.3 Å². The quantitative estimate of drug-likeness (QED) is 0.527. The minimum atomic E-state index is -0.783. The summed E-state index contributed by atoms with van der Waals surface area (Å²) in [7, 11) is 0. The number of nitrogens with one attached hydrogen (secondary N) is 3. The van der Waals surface area contributed by atoms with Gasteiger partial charge in [0.25, 0.3) is 0 Å². The highest BCUT2D eigenvalue weighted by atomic mass is 19.1. The standard InChI is InChI=1S/C18H17FN6O2/c19-12-5-3-4-11(8-12)16-17(13-6-1-2-7-21-13)25-14(24-16)9-22-15(26)10-23-18(20)27/h1-8H,9-10H2,(H,22,26)(H,24,25)(H3,20,23,27). The third-order valence-electron chi connectivity index (χ3n) is 3.65. The Morgan fingerprint density at radius 2 is 2.00 bits per heavy atom. The van der Waals surface area contributed by atoms with E-state index in [9.17, 15) is 14.0 Å². The van der Waals surface area contributed by atoms with E-state index >= 15 is 0 Å². The minimum Gasteiger partial charge on any atom is -0.352 e. The van der Waals surface area contributed by atoms with Crippen LogP contribution < -0.4 is 16.4 Å². The van der Waals surface area contributed by atoms with Crippen LogP contribution in [0.4, 0.5) is 9.18 Å². The van der Waals surface area contributed by atoms with Gasteiger partial charge in [-0.15, -0.1) is 0 Å². The van der Waals surface area contributed by atoms with Crippen LogP contribution in [0.3, 0.4) is 0 Å². The Bertz CT molecular complexity index is 957. The summed E-state index contributed by atoms with van der Waals surface area (Å²) in [6, 6.07) is 10.7. The maximum Gasteiger partial charge on any atom is 0.312 e. The predicted octanol–water partition coefficient (Wildman–Crippen LogP) is 1.56. The maximum absolute atomic E-state index is 13.6. The van der Waals surface area contributed by atoms with Gasteiger partial charge in [-0.05, 0) is 24.3 Å². The summed E-state index contributed by atoms with van der Waals surface area (Å²) in [4.78, 5) is 34.2. The van der Waals surface area contributed by atoms with Gasteiger partial charge in [-0.1, -0.05) is 18.2 Å². The van der Waals surface area contributed by atoms with Gasteiger partial charge >= 0.3 is 6.03 Å². The fourth-order valence-corrected chi connectivity index (χ4v) is 2.46. The molecule has 138 valence electrons. The van der Waals surface area contributed by atoms with E-state index in [1.165, 1.54) is 12.1 Å². The number of benzene rings is 1. The first-order valence-electron chi connectivity index (χ1n) is 8.09. The lowest BCUT2D eigenvalue weighted by Crippen LogP contribution is -2.39. The summed E-state index contributed by atoms with van der Waals surface area (Å²) in [5.41, 5.74) is 7.28. The zero-order chi connectivity index (χ0) is 19.2. The summed E-state index contributed by atoms with van der Waals surface area (Å²) in [6.45, 7) is -0.145. The topological polar surface area (TPSA) is 126 Å². The van der Waals surface area contributed by atoms with Crippen molar-refractivity contribution < 1.29 is 14.0 Å². The molecule has 0 unspecified atom stereocenters. The van der Waals surface area contributed by atoms with Crippen LogP contribution in [0.2, 0.25) is 0 Å². The minimum absolute atomic E-state index is 0.0917. The highest BCUT2D eigenvalue weighted by molar-refractivity contribution is 5.83. The Kier molecular flexibility index (Phi) is 5.41. The number of nitrogens with zero attached hydrogens (tertiary/aromatic N) is 2. The number of urea groups is 1. The van der Waals surface area contributed by atoms with Crippen LogP contribution >= 0.6 is 0 Å². The summed E-state index contributed by atoms with van der Waals surface area (Å²) in [6.07, 6.45) is 1.64. The molecule has 0 atom stereocenters. The molecule has 5 N–H and O–H groups in total. The van der Waals surface area contributed by atoms with Crippen molar-refractivity contribution in [1.82, 2.24) is 25.6 Å². The first kappa shape index (κ1) is 18.1. The normalized spacial score (nSPS) is 10.4. The van der Waals surface area contributed by atoms with Gasteiger partial charge in [-0.25, -0.2) is 14.2 Å². The number of hydrogen-bond acceptors (Lipinski definition) is 4. The molecule has 27 heavy (non-hydrogen) atoms. The largest absolute Gasteiger partial charge is 0.352 e. The average Bonchev–Trinajstić information content (AvgIpc) is 3.10. The molecule has 0 bridgehead atoms. The van der Waals surface area contributed by atoms with E-state index in [2.05, 4.69) is 25.6 Å². The van der Waals surface area contributed by atoms with Gasteiger partial charge in [0, 0.05) is 11.8 Å². The summed E-state index contributed by atoms with van der Waals surface area (Å²) >= 11 is 0. The summed E-state index contributed by atoms with van der Waals surface area (Å²) in [5, 5.41) is 4.81. The van der Waals surface area contributed by atoms with Crippen LogP contribution in [0.1, 0.15) is 5.82 Å². The number of imidazole rings is 1. The van der Waals surface area contributed by atoms with Crippen molar-refractivity contribution in [2.45, 2.75) is 6.54 Å². The lowest BCUT2D eigenvalue weighted by molar-refractivity contribution is -0.120. The van der Waals surface area contributed by atoms with Crippen molar-refractivity contribution in [3.8, 4) is 22.6 Å². The second-order valence-corrected chi connectivity index (χ2v) is 5.63. The summed E-state index contributed by atoms with van der Waals surface area (Å²) < 4.78 is 13.6. The van der Waals surface area contributed by atoms with Crippen LogP contribution in [0, 0.1) is 5.82 Å². The van der Waals surface area contributed by atoms with Gasteiger partial charge in [0.1, 0.15) is 11.6 Å². The zero-order valence-corrected chi connectivity index (χ0v) is 14.2. The second kappa shape index (κ2) is 8.09. The molecule has 3 amide bonds. The Morgan fingerprint density at radius 3 is 2.70 bits per heavy atom. The number of rotatable bonds is 6. The number of pyridine rings is 1. The first-order valence-corrected chi connectivity index (χ1v) is 8.09. The number of carbonyl (C=O) groups is 2. The number of nitrogens with two attached hydrogens (primary N) is 1. The Hall–Kier alpha value is -3.75. The van der Waals surface area contributed by atoms with Crippen LogP contribution in [0.15, 0.2) is 48.7 Å². The molecule has 0 radical (unpaired) electrons. The van der Waals surface area contributed by atoms with E-state index in [1.807, 2.05) is 6.07 Å². The van der Waals surface area contributed by atoms with Crippen LogP contribution in [-0.2, 0) is 11.3 Å². The Balaban J connectivity index is 1.86. The molecule has 9 heteroatoms. The Labute approximate surface area is 154 Å². The zero-order valence-electron chi connectivity index (χ0n) is 14.2. The van der Waals surface area contributed by atoms with E-state index in [4.69, 9.17) is 5.73 Å². The number of amides is 3. The first-order chi connectivity index (χ1) is 13.0. The predicted molar refractivity (Wildman–Crippen MR) is 96.6 cm³/mol. The van der Waals surface area contributed by atoms with Crippen molar-refractivity contribution in [2.75, 3.05) is 6.54 Å². The highest BCUT2D eigenvalue weighted by Gasteiger charge is 2.16. The van der Waals surface area contributed by atoms with Gasteiger partial charge in [0.15, 0.2) is 0 Å². The third kappa shape index (κ3) is 4.66. The number of H-pyrrole nitrogens is 1. The number of aromatic nitrogens is 3. The van der Waals surface area contributed by atoms with Crippen LogP contribution in [0.25, 0.3) is 22.6 Å². The van der Waals surface area contributed by atoms with Crippen molar-refractivity contribution >= 4 is 11.9 Å². The molecular weight excluding hydrogens is 351 g/mol. The lowest BCUT2D eigenvalue weighted by atomic mass is 10.1. The number of aromatic amines is 1. The Morgan fingerprint density at radius 1 is 1.15 bits per heavy atom. The SMILES string of the molecule is NC(=O)NCC(=O)NCc1nc(-c2cccc(F)c2)c(-c2ccccn2)[nH]1. The molecule has 0 spiro atoms.